The molecular formula is C15H16NO4P. The summed E-state index contributed by atoms with van der Waals surface area (Å²) in [6.07, 6.45) is 1.56. The van der Waals surface area contributed by atoms with Crippen LogP contribution in [0.2, 0.25) is 0 Å². The first kappa shape index (κ1) is 15.3. The van der Waals surface area contributed by atoms with E-state index >= 15 is 0 Å². The zero-order chi connectivity index (χ0) is 15.0. The van der Waals surface area contributed by atoms with Crippen molar-refractivity contribution in [3.05, 3.63) is 73.3 Å². The largest absolute Gasteiger partial charge is 0.604 e. The van der Waals surface area contributed by atoms with Gasteiger partial charge in [0.15, 0.2) is 0 Å². The Labute approximate surface area is 123 Å². The minimum atomic E-state index is -3.85. The molecule has 0 bridgehead atoms. The summed E-state index contributed by atoms with van der Waals surface area (Å²) in [6, 6.07) is 17.4. The molecule has 0 atom stereocenters. The molecule has 0 heterocycles. The van der Waals surface area contributed by atoms with E-state index in [0.717, 1.165) is 0 Å². The maximum atomic E-state index is 12.7. The summed E-state index contributed by atoms with van der Waals surface area (Å²) in [5.74, 6) is 0.773. The number of rotatable bonds is 8. The Balaban J connectivity index is 2.13. The van der Waals surface area contributed by atoms with Gasteiger partial charge in [-0.05, 0) is 24.3 Å². The highest BCUT2D eigenvalue weighted by molar-refractivity contribution is 7.49. The molecule has 2 aromatic rings. The Morgan fingerprint density at radius 2 is 1.43 bits per heavy atom. The second-order valence-electron chi connectivity index (χ2n) is 3.98. The van der Waals surface area contributed by atoms with Crippen LogP contribution in [0, 0.1) is 0 Å². The molecule has 0 aliphatic heterocycles. The quantitative estimate of drug-likeness (QED) is 0.346. The van der Waals surface area contributed by atoms with Crippen LogP contribution in [0.3, 0.4) is 0 Å². The molecule has 5 nitrogen and oxygen atoms in total. The second kappa shape index (κ2) is 7.64. The number of hydrogen-bond acceptors (Lipinski definition) is 5. The van der Waals surface area contributed by atoms with Gasteiger partial charge in [0.2, 0.25) is 0 Å². The number of hydrogen-bond donors (Lipinski definition) is 1. The molecule has 2 aromatic carbocycles. The fraction of sp³-hybridized carbons (Fsp3) is 0.0667. The molecule has 0 amide bonds. The third-order valence-corrected chi connectivity index (χ3v) is 3.55. The molecule has 21 heavy (non-hydrogen) atoms. The van der Waals surface area contributed by atoms with E-state index in [1.165, 1.54) is 0 Å². The Kier molecular flexibility index (Phi) is 5.58. The van der Waals surface area contributed by atoms with E-state index in [0.29, 0.717) is 18.0 Å². The molecule has 0 radical (unpaired) electrons. The lowest BCUT2D eigenvalue weighted by atomic mass is 10.3. The summed E-state index contributed by atoms with van der Waals surface area (Å²) in [5, 5.41) is 0. The van der Waals surface area contributed by atoms with Crippen LogP contribution in [0.25, 0.3) is 0 Å². The van der Waals surface area contributed by atoms with Crippen LogP contribution >= 0.6 is 7.82 Å². The molecule has 0 aromatic heterocycles. The van der Waals surface area contributed by atoms with Gasteiger partial charge in [0.1, 0.15) is 11.5 Å². The van der Waals surface area contributed by atoms with Crippen LogP contribution in [0.4, 0.5) is 0 Å². The minimum Gasteiger partial charge on any atom is -0.394 e. The van der Waals surface area contributed by atoms with E-state index in [9.17, 15) is 4.57 Å². The maximum absolute atomic E-state index is 12.7. The van der Waals surface area contributed by atoms with Crippen molar-refractivity contribution in [2.75, 3.05) is 6.54 Å². The van der Waals surface area contributed by atoms with Gasteiger partial charge in [-0.15, -0.1) is 6.58 Å². The van der Waals surface area contributed by atoms with E-state index in [-0.39, 0.29) is 0 Å². The first-order chi connectivity index (χ1) is 10.2. The lowest BCUT2D eigenvalue weighted by Gasteiger charge is -2.18. The number of benzene rings is 2. The van der Waals surface area contributed by atoms with Gasteiger partial charge in [-0.25, -0.2) is 4.57 Å². The molecule has 110 valence electrons. The van der Waals surface area contributed by atoms with Crippen molar-refractivity contribution in [2.24, 2.45) is 0 Å². The third kappa shape index (κ3) is 5.08. The smallest absolute Gasteiger partial charge is 0.394 e. The fourth-order valence-corrected chi connectivity index (χ4v) is 2.56. The lowest BCUT2D eigenvalue weighted by Crippen LogP contribution is -2.17. The SMILES string of the molecule is C=CCNOP(=O)(Oc1ccccc1)Oc1ccccc1. The highest BCUT2D eigenvalue weighted by Gasteiger charge is 2.31. The van der Waals surface area contributed by atoms with Gasteiger partial charge in [0.05, 0.1) is 0 Å². The number of phosphoric acid groups is 1. The van der Waals surface area contributed by atoms with Crippen LogP contribution in [0.5, 0.6) is 11.5 Å². The van der Waals surface area contributed by atoms with Crippen molar-refractivity contribution in [1.29, 1.82) is 0 Å². The average Bonchev–Trinajstić information content (AvgIpc) is 2.49. The van der Waals surface area contributed by atoms with Crippen molar-refractivity contribution in [3.8, 4) is 11.5 Å². The number of nitrogens with one attached hydrogen (secondary N) is 1. The van der Waals surface area contributed by atoms with E-state index in [4.69, 9.17) is 13.7 Å². The molecule has 2 rings (SSSR count). The van der Waals surface area contributed by atoms with Crippen LogP contribution in [-0.2, 0) is 9.19 Å². The van der Waals surface area contributed by atoms with Crippen molar-refractivity contribution in [1.82, 2.24) is 5.48 Å². The standard InChI is InChI=1S/C15H16NO4P/c1-2-13-16-20-21(17,18-14-9-5-3-6-10-14)19-15-11-7-4-8-12-15/h2-12,16H,1,13H2. The second-order valence-corrected chi connectivity index (χ2v) is 5.43. The molecule has 1 N–H and O–H groups in total. The van der Waals surface area contributed by atoms with Gasteiger partial charge in [-0.3, -0.25) is 0 Å². The van der Waals surface area contributed by atoms with Gasteiger partial charge in [0.25, 0.3) is 0 Å². The predicted molar refractivity (Wildman–Crippen MR) is 81.0 cm³/mol. The zero-order valence-corrected chi connectivity index (χ0v) is 12.2. The molecular weight excluding hydrogens is 289 g/mol. The van der Waals surface area contributed by atoms with Crippen molar-refractivity contribution in [3.63, 3.8) is 0 Å². The predicted octanol–water partition coefficient (Wildman–Crippen LogP) is 3.96. The number of hydroxylamine groups is 1. The Hall–Kier alpha value is -2.07. The molecule has 0 saturated heterocycles. The molecule has 0 unspecified atom stereocenters. The van der Waals surface area contributed by atoms with Gasteiger partial charge >= 0.3 is 7.82 Å². The molecule has 0 fully saturated rings. The first-order valence-corrected chi connectivity index (χ1v) is 7.79. The highest BCUT2D eigenvalue weighted by atomic mass is 31.2. The van der Waals surface area contributed by atoms with Crippen molar-refractivity contribution in [2.45, 2.75) is 0 Å². The topological polar surface area (TPSA) is 56.8 Å². The Morgan fingerprint density at radius 3 is 1.86 bits per heavy atom. The molecule has 0 spiro atoms. The molecule has 0 saturated carbocycles. The highest BCUT2D eigenvalue weighted by Crippen LogP contribution is 2.48. The van der Waals surface area contributed by atoms with E-state index in [1.54, 1.807) is 54.6 Å². The molecule has 0 aliphatic carbocycles. The number of para-hydroxylation sites is 2. The normalized spacial score (nSPS) is 10.9. The van der Waals surface area contributed by atoms with E-state index < -0.39 is 7.82 Å². The summed E-state index contributed by atoms with van der Waals surface area (Å²) in [6.45, 7) is 3.84. The van der Waals surface area contributed by atoms with Crippen LogP contribution in [0.1, 0.15) is 0 Å². The van der Waals surface area contributed by atoms with Crippen LogP contribution in [0.15, 0.2) is 73.3 Å². The van der Waals surface area contributed by atoms with E-state index in [1.807, 2.05) is 12.1 Å². The fourth-order valence-electron chi connectivity index (χ4n) is 1.45. The Morgan fingerprint density at radius 1 is 0.952 bits per heavy atom. The van der Waals surface area contributed by atoms with Gasteiger partial charge in [0, 0.05) is 6.54 Å². The van der Waals surface area contributed by atoms with Crippen LogP contribution in [-0.4, -0.2) is 6.54 Å². The van der Waals surface area contributed by atoms with E-state index in [2.05, 4.69) is 12.1 Å². The van der Waals surface area contributed by atoms with Gasteiger partial charge < -0.3 is 9.05 Å². The number of phosphoric ester groups is 1. The summed E-state index contributed by atoms with van der Waals surface area (Å²) >= 11 is 0. The lowest BCUT2D eigenvalue weighted by molar-refractivity contribution is 0.142. The summed E-state index contributed by atoms with van der Waals surface area (Å²) in [7, 11) is -3.85. The van der Waals surface area contributed by atoms with Crippen molar-refractivity contribution < 1.29 is 18.2 Å². The monoisotopic (exact) mass is 305 g/mol. The van der Waals surface area contributed by atoms with Gasteiger partial charge in [-0.1, -0.05) is 42.5 Å². The zero-order valence-electron chi connectivity index (χ0n) is 11.3. The van der Waals surface area contributed by atoms with Crippen LogP contribution < -0.4 is 14.5 Å². The average molecular weight is 305 g/mol. The summed E-state index contributed by atoms with van der Waals surface area (Å²) < 4.78 is 28.5. The molecule has 6 heteroatoms. The van der Waals surface area contributed by atoms with Gasteiger partial charge in [-0.2, -0.15) is 10.1 Å². The first-order valence-electron chi connectivity index (χ1n) is 6.33. The van der Waals surface area contributed by atoms with Crippen molar-refractivity contribution >= 4 is 7.82 Å². The minimum absolute atomic E-state index is 0.306. The molecule has 0 aliphatic rings. The summed E-state index contributed by atoms with van der Waals surface area (Å²) in [4.78, 5) is 0. The maximum Gasteiger partial charge on any atom is 0.604 e. The summed E-state index contributed by atoms with van der Waals surface area (Å²) in [5.41, 5.74) is 2.48. The Bertz CT molecular complexity index is 558. The third-order valence-electron chi connectivity index (χ3n) is 2.32.